The minimum absolute atomic E-state index is 0.381. The minimum atomic E-state index is 0.381. The summed E-state index contributed by atoms with van der Waals surface area (Å²) >= 11 is 0. The summed E-state index contributed by atoms with van der Waals surface area (Å²) in [7, 11) is 0. The summed E-state index contributed by atoms with van der Waals surface area (Å²) in [5.41, 5.74) is 2.32. The third kappa shape index (κ3) is 1.57. The van der Waals surface area contributed by atoms with Gasteiger partial charge in [-0.05, 0) is 24.5 Å². The van der Waals surface area contributed by atoms with Crippen molar-refractivity contribution in [3.8, 4) is 6.07 Å². The molecule has 4 nitrogen and oxygen atoms in total. The lowest BCUT2D eigenvalue weighted by molar-refractivity contribution is 0.830. The van der Waals surface area contributed by atoms with E-state index in [0.717, 1.165) is 5.56 Å². The molecule has 2 heterocycles. The van der Waals surface area contributed by atoms with Crippen LogP contribution in [0.3, 0.4) is 0 Å². The summed E-state index contributed by atoms with van der Waals surface area (Å²) in [5.74, 6) is 1.07. The van der Waals surface area contributed by atoms with E-state index >= 15 is 0 Å². The Labute approximate surface area is 88.2 Å². The van der Waals surface area contributed by atoms with E-state index in [1.54, 1.807) is 4.52 Å². The van der Waals surface area contributed by atoms with E-state index in [1.165, 1.54) is 0 Å². The Balaban J connectivity index is 2.77. The predicted molar refractivity (Wildman–Crippen MR) is 56.5 cm³/mol. The van der Waals surface area contributed by atoms with Crippen molar-refractivity contribution in [1.82, 2.24) is 14.6 Å². The zero-order valence-corrected chi connectivity index (χ0v) is 9.02. The maximum absolute atomic E-state index is 9.02. The normalized spacial score (nSPS) is 10.9. The third-order valence-electron chi connectivity index (χ3n) is 2.35. The molecular formula is C11H12N4. The van der Waals surface area contributed by atoms with Crippen molar-refractivity contribution >= 4 is 5.65 Å². The van der Waals surface area contributed by atoms with Gasteiger partial charge in [0.1, 0.15) is 11.9 Å². The molecule has 0 saturated heterocycles. The molecule has 76 valence electrons. The highest BCUT2D eigenvalue weighted by Crippen LogP contribution is 2.18. The van der Waals surface area contributed by atoms with Crippen molar-refractivity contribution in [2.75, 3.05) is 0 Å². The molecule has 2 aromatic heterocycles. The molecule has 2 aromatic rings. The van der Waals surface area contributed by atoms with Gasteiger partial charge in [-0.15, -0.1) is 0 Å². The first-order valence-electron chi connectivity index (χ1n) is 4.89. The van der Waals surface area contributed by atoms with Crippen LogP contribution in [-0.2, 0) is 0 Å². The molecule has 0 unspecified atom stereocenters. The highest BCUT2D eigenvalue weighted by atomic mass is 15.3. The second kappa shape index (κ2) is 3.35. The molecule has 0 atom stereocenters. The summed E-state index contributed by atoms with van der Waals surface area (Å²) < 4.78 is 1.68. The number of aromatic nitrogens is 3. The highest BCUT2D eigenvalue weighted by Gasteiger charge is 2.09. The van der Waals surface area contributed by atoms with Crippen molar-refractivity contribution in [2.24, 2.45) is 0 Å². The largest absolute Gasteiger partial charge is 0.219 e. The van der Waals surface area contributed by atoms with Crippen molar-refractivity contribution in [3.63, 3.8) is 0 Å². The molecule has 0 N–H and O–H groups in total. The van der Waals surface area contributed by atoms with Crippen molar-refractivity contribution in [1.29, 1.82) is 5.26 Å². The van der Waals surface area contributed by atoms with Gasteiger partial charge in [0.2, 0.25) is 0 Å². The van der Waals surface area contributed by atoms with Gasteiger partial charge in [0.15, 0.2) is 5.65 Å². The van der Waals surface area contributed by atoms with E-state index in [2.05, 4.69) is 30.0 Å². The van der Waals surface area contributed by atoms with Gasteiger partial charge >= 0.3 is 0 Å². The van der Waals surface area contributed by atoms with E-state index in [0.29, 0.717) is 23.0 Å². The first-order chi connectivity index (χ1) is 7.11. The summed E-state index contributed by atoms with van der Waals surface area (Å²) in [5, 5.41) is 13.2. The summed E-state index contributed by atoms with van der Waals surface area (Å²) in [4.78, 5) is 4.21. The number of aryl methyl sites for hydroxylation is 1. The molecule has 4 heteroatoms. The predicted octanol–water partition coefficient (Wildman–Crippen LogP) is 2.03. The number of nitriles is 1. The standard InChI is InChI=1S/C11H12N4/c1-7(2)10-4-9(5-12)11-13-8(3)14-15(11)6-10/h4,6-7H,1-3H3. The Morgan fingerprint density at radius 3 is 2.80 bits per heavy atom. The fourth-order valence-electron chi connectivity index (χ4n) is 1.51. The zero-order chi connectivity index (χ0) is 11.0. The molecule has 0 saturated carbocycles. The number of fused-ring (bicyclic) bond motifs is 1. The molecule has 0 amide bonds. The zero-order valence-electron chi connectivity index (χ0n) is 9.02. The Morgan fingerprint density at radius 1 is 1.47 bits per heavy atom. The van der Waals surface area contributed by atoms with Crippen LogP contribution in [0.4, 0.5) is 0 Å². The van der Waals surface area contributed by atoms with Crippen molar-refractivity contribution in [3.05, 3.63) is 29.2 Å². The van der Waals surface area contributed by atoms with Crippen molar-refractivity contribution < 1.29 is 0 Å². The molecule has 15 heavy (non-hydrogen) atoms. The van der Waals surface area contributed by atoms with Gasteiger partial charge < -0.3 is 0 Å². The SMILES string of the molecule is Cc1nc2c(C#N)cc(C(C)C)cn2n1. The maximum Gasteiger partial charge on any atom is 0.173 e. The van der Waals surface area contributed by atoms with Crippen LogP contribution in [0, 0.1) is 18.3 Å². The van der Waals surface area contributed by atoms with Crippen LogP contribution in [-0.4, -0.2) is 14.6 Å². The Kier molecular flexibility index (Phi) is 2.16. The number of hydrogen-bond acceptors (Lipinski definition) is 3. The van der Waals surface area contributed by atoms with E-state index in [4.69, 9.17) is 5.26 Å². The monoisotopic (exact) mass is 200 g/mol. The molecule has 0 aliphatic carbocycles. The first kappa shape index (κ1) is 9.66. The first-order valence-corrected chi connectivity index (χ1v) is 4.89. The van der Waals surface area contributed by atoms with Gasteiger partial charge in [0, 0.05) is 6.20 Å². The molecular weight excluding hydrogens is 188 g/mol. The van der Waals surface area contributed by atoms with Crippen LogP contribution < -0.4 is 0 Å². The van der Waals surface area contributed by atoms with Gasteiger partial charge in [-0.1, -0.05) is 13.8 Å². The number of hydrogen-bond donors (Lipinski definition) is 0. The number of pyridine rings is 1. The lowest BCUT2D eigenvalue weighted by Gasteiger charge is -2.05. The topological polar surface area (TPSA) is 54.0 Å². The quantitative estimate of drug-likeness (QED) is 0.707. The van der Waals surface area contributed by atoms with E-state index in [-0.39, 0.29) is 0 Å². The van der Waals surface area contributed by atoms with Crippen LogP contribution in [0.1, 0.15) is 36.7 Å². The fraction of sp³-hybridized carbons (Fsp3) is 0.364. The second-order valence-electron chi connectivity index (χ2n) is 3.88. The molecule has 0 fully saturated rings. The molecule has 2 rings (SSSR count). The molecule has 0 aromatic carbocycles. The summed E-state index contributed by atoms with van der Waals surface area (Å²) in [6.07, 6.45) is 1.93. The van der Waals surface area contributed by atoms with E-state index in [9.17, 15) is 0 Å². The highest BCUT2D eigenvalue weighted by molar-refractivity contribution is 5.55. The summed E-state index contributed by atoms with van der Waals surface area (Å²) in [6.45, 7) is 6.00. The Morgan fingerprint density at radius 2 is 2.20 bits per heavy atom. The van der Waals surface area contributed by atoms with Crippen molar-refractivity contribution in [2.45, 2.75) is 26.7 Å². The van der Waals surface area contributed by atoms with Gasteiger partial charge in [-0.25, -0.2) is 9.50 Å². The van der Waals surface area contributed by atoms with Gasteiger partial charge in [-0.2, -0.15) is 10.4 Å². The smallest absolute Gasteiger partial charge is 0.173 e. The molecule has 0 aliphatic rings. The van der Waals surface area contributed by atoms with Crippen LogP contribution in [0.2, 0.25) is 0 Å². The van der Waals surface area contributed by atoms with E-state index < -0.39 is 0 Å². The Hall–Kier alpha value is -1.89. The molecule has 0 aliphatic heterocycles. The average molecular weight is 200 g/mol. The van der Waals surface area contributed by atoms with Crippen LogP contribution in [0.15, 0.2) is 12.3 Å². The lowest BCUT2D eigenvalue weighted by Crippen LogP contribution is -1.97. The van der Waals surface area contributed by atoms with Crippen LogP contribution >= 0.6 is 0 Å². The van der Waals surface area contributed by atoms with Gasteiger partial charge in [0.05, 0.1) is 5.56 Å². The van der Waals surface area contributed by atoms with E-state index in [1.807, 2.05) is 19.2 Å². The number of nitrogens with zero attached hydrogens (tertiary/aromatic N) is 4. The maximum atomic E-state index is 9.02. The Bertz CT molecular complexity index is 545. The molecule has 0 spiro atoms. The van der Waals surface area contributed by atoms with Crippen LogP contribution in [0.25, 0.3) is 5.65 Å². The van der Waals surface area contributed by atoms with Gasteiger partial charge in [0.25, 0.3) is 0 Å². The fourth-order valence-corrected chi connectivity index (χ4v) is 1.51. The molecule has 0 radical (unpaired) electrons. The minimum Gasteiger partial charge on any atom is -0.219 e. The lowest BCUT2D eigenvalue weighted by atomic mass is 10.0. The summed E-state index contributed by atoms with van der Waals surface area (Å²) in [6, 6.07) is 4.04. The third-order valence-corrected chi connectivity index (χ3v) is 2.35. The molecule has 0 bridgehead atoms. The second-order valence-corrected chi connectivity index (χ2v) is 3.88. The average Bonchev–Trinajstić information content (AvgIpc) is 2.56. The van der Waals surface area contributed by atoms with Crippen LogP contribution in [0.5, 0.6) is 0 Å². The number of rotatable bonds is 1. The van der Waals surface area contributed by atoms with Gasteiger partial charge in [-0.3, -0.25) is 0 Å².